The molecule has 0 aliphatic heterocycles. The molecule has 2 N–H and O–H groups in total. The average Bonchev–Trinajstić information content (AvgIpc) is 3.07. The first-order valence-corrected chi connectivity index (χ1v) is 5.95. The van der Waals surface area contributed by atoms with Crippen LogP contribution in [0.2, 0.25) is 0 Å². The summed E-state index contributed by atoms with van der Waals surface area (Å²) in [6, 6.07) is 0. The van der Waals surface area contributed by atoms with Crippen LogP contribution in [-0.2, 0) is 0 Å². The highest BCUT2D eigenvalue weighted by Crippen LogP contribution is 2.40. The topological polar surface area (TPSA) is 35.5 Å². The lowest BCUT2D eigenvalue weighted by molar-refractivity contribution is -0.148. The molecule has 1 rings (SSSR count). The van der Waals surface area contributed by atoms with Crippen LogP contribution in [0.5, 0.6) is 0 Å². The molecule has 0 aromatic heterocycles. The number of nitrogens with zero attached hydrogens (tertiary/aromatic N) is 1. The van der Waals surface area contributed by atoms with E-state index >= 15 is 0 Å². The fraction of sp³-hybridized carbons (Fsp3) is 1.00. The van der Waals surface area contributed by atoms with Crippen molar-refractivity contribution >= 4 is 0 Å². The molecule has 0 aromatic carbocycles. The first-order valence-electron chi connectivity index (χ1n) is 5.95. The minimum absolute atomic E-state index is 0.122. The zero-order valence-electron chi connectivity index (χ0n) is 10.3. The van der Waals surface area contributed by atoms with Crippen molar-refractivity contribution in [1.29, 1.82) is 0 Å². The molecular weight excluding hydrogens is 233 g/mol. The molecule has 1 unspecified atom stereocenters. The molecule has 1 atom stereocenters. The number of nitrogens with one attached hydrogen (secondary N) is 1. The highest BCUT2D eigenvalue weighted by atomic mass is 19.4. The summed E-state index contributed by atoms with van der Waals surface area (Å²) in [4.78, 5) is 1.34. The Morgan fingerprint density at radius 1 is 1.29 bits per heavy atom. The quantitative estimate of drug-likeness (QED) is 0.717. The second-order valence-electron chi connectivity index (χ2n) is 4.76. The van der Waals surface area contributed by atoms with E-state index in [9.17, 15) is 18.3 Å². The lowest BCUT2D eigenvalue weighted by Crippen LogP contribution is -2.57. The number of hydrogen-bond donors (Lipinski definition) is 2. The molecule has 0 spiro atoms. The van der Waals surface area contributed by atoms with E-state index in [0.29, 0.717) is 12.5 Å². The zero-order valence-corrected chi connectivity index (χ0v) is 10.3. The molecule has 1 aliphatic rings. The Bertz CT molecular complexity index is 237. The Kier molecular flexibility index (Phi) is 4.80. The molecule has 17 heavy (non-hydrogen) atoms. The maximum absolute atomic E-state index is 12.4. The van der Waals surface area contributed by atoms with Gasteiger partial charge in [0.05, 0.1) is 18.7 Å². The fourth-order valence-electron chi connectivity index (χ4n) is 2.24. The van der Waals surface area contributed by atoms with E-state index in [1.165, 1.54) is 4.90 Å². The van der Waals surface area contributed by atoms with Gasteiger partial charge in [0.2, 0.25) is 0 Å². The molecule has 0 saturated heterocycles. The first kappa shape index (κ1) is 14.7. The smallest absolute Gasteiger partial charge is 0.394 e. The second kappa shape index (κ2) is 5.54. The summed E-state index contributed by atoms with van der Waals surface area (Å²) >= 11 is 0. The van der Waals surface area contributed by atoms with Crippen LogP contribution >= 0.6 is 0 Å². The van der Waals surface area contributed by atoms with Gasteiger partial charge in [-0.3, -0.25) is 4.90 Å². The van der Waals surface area contributed by atoms with Gasteiger partial charge in [0.25, 0.3) is 0 Å². The molecular formula is C11H21F3N2O. The van der Waals surface area contributed by atoms with Crippen LogP contribution in [0.4, 0.5) is 13.2 Å². The van der Waals surface area contributed by atoms with Gasteiger partial charge >= 0.3 is 6.18 Å². The Morgan fingerprint density at radius 3 is 2.18 bits per heavy atom. The summed E-state index contributed by atoms with van der Waals surface area (Å²) in [7, 11) is 1.70. The van der Waals surface area contributed by atoms with Crippen molar-refractivity contribution in [1.82, 2.24) is 10.2 Å². The monoisotopic (exact) mass is 254 g/mol. The SMILES string of the molecule is CCN(CC(F)(F)F)CC(CO)(NC)C1CC1. The van der Waals surface area contributed by atoms with Crippen LogP contribution in [-0.4, -0.2) is 55.0 Å². The van der Waals surface area contributed by atoms with E-state index < -0.39 is 18.3 Å². The Labute approximate surface area is 100.0 Å². The van der Waals surface area contributed by atoms with Crippen molar-refractivity contribution in [3.63, 3.8) is 0 Å². The van der Waals surface area contributed by atoms with Gasteiger partial charge < -0.3 is 10.4 Å². The number of aliphatic hydroxyl groups is 1. The molecule has 102 valence electrons. The van der Waals surface area contributed by atoms with E-state index in [0.717, 1.165) is 12.8 Å². The average molecular weight is 254 g/mol. The van der Waals surface area contributed by atoms with Crippen LogP contribution in [0.15, 0.2) is 0 Å². The summed E-state index contributed by atoms with van der Waals surface area (Å²) in [6.45, 7) is 1.23. The van der Waals surface area contributed by atoms with Gasteiger partial charge in [-0.15, -0.1) is 0 Å². The zero-order chi connectivity index (χ0) is 13.1. The van der Waals surface area contributed by atoms with Gasteiger partial charge in [0.15, 0.2) is 0 Å². The first-order chi connectivity index (χ1) is 7.87. The largest absolute Gasteiger partial charge is 0.401 e. The lowest BCUT2D eigenvalue weighted by Gasteiger charge is -2.37. The lowest BCUT2D eigenvalue weighted by atomic mass is 9.93. The third-order valence-electron chi connectivity index (χ3n) is 3.49. The van der Waals surface area contributed by atoms with Crippen molar-refractivity contribution in [2.75, 3.05) is 33.3 Å². The summed E-state index contributed by atoms with van der Waals surface area (Å²) in [5.41, 5.74) is -0.582. The van der Waals surface area contributed by atoms with E-state index in [4.69, 9.17) is 0 Å². The molecule has 1 aliphatic carbocycles. The van der Waals surface area contributed by atoms with Crippen LogP contribution in [0, 0.1) is 5.92 Å². The molecule has 0 radical (unpaired) electrons. The molecule has 6 heteroatoms. The molecule has 0 aromatic rings. The minimum Gasteiger partial charge on any atom is -0.394 e. The normalized spacial score (nSPS) is 20.6. The molecule has 1 saturated carbocycles. The summed E-state index contributed by atoms with van der Waals surface area (Å²) in [5, 5.41) is 12.5. The van der Waals surface area contributed by atoms with Crippen LogP contribution in [0.3, 0.4) is 0 Å². The second-order valence-corrected chi connectivity index (χ2v) is 4.76. The van der Waals surface area contributed by atoms with Crippen molar-refractivity contribution in [3.8, 4) is 0 Å². The number of halogens is 3. The maximum Gasteiger partial charge on any atom is 0.401 e. The predicted octanol–water partition coefficient (Wildman–Crippen LogP) is 1.23. The molecule has 1 fully saturated rings. The Morgan fingerprint density at radius 2 is 1.88 bits per heavy atom. The van der Waals surface area contributed by atoms with Crippen LogP contribution < -0.4 is 5.32 Å². The fourth-order valence-corrected chi connectivity index (χ4v) is 2.24. The van der Waals surface area contributed by atoms with E-state index in [1.54, 1.807) is 14.0 Å². The van der Waals surface area contributed by atoms with Gasteiger partial charge in [-0.1, -0.05) is 6.92 Å². The number of likely N-dealkylation sites (N-methyl/N-ethyl adjacent to an activating group) is 2. The number of aliphatic hydroxyl groups excluding tert-OH is 1. The van der Waals surface area contributed by atoms with Crippen molar-refractivity contribution in [2.24, 2.45) is 5.92 Å². The third kappa shape index (κ3) is 4.12. The number of alkyl halides is 3. The van der Waals surface area contributed by atoms with E-state index in [1.807, 2.05) is 0 Å². The van der Waals surface area contributed by atoms with Gasteiger partial charge in [-0.05, 0) is 32.4 Å². The Balaban J connectivity index is 2.63. The van der Waals surface area contributed by atoms with Gasteiger partial charge in [0, 0.05) is 6.54 Å². The minimum atomic E-state index is -4.19. The number of hydrogen-bond acceptors (Lipinski definition) is 3. The molecule has 0 bridgehead atoms. The van der Waals surface area contributed by atoms with Crippen LogP contribution in [0.25, 0.3) is 0 Å². The standard InChI is InChI=1S/C11H21F3N2O/c1-3-16(7-11(12,13)14)6-10(8-17,15-2)9-4-5-9/h9,15,17H,3-8H2,1-2H3. The highest BCUT2D eigenvalue weighted by molar-refractivity contribution is 5.02. The van der Waals surface area contributed by atoms with Gasteiger partial charge in [-0.25, -0.2) is 0 Å². The number of rotatable bonds is 7. The highest BCUT2D eigenvalue weighted by Gasteiger charge is 2.45. The van der Waals surface area contributed by atoms with Gasteiger partial charge in [-0.2, -0.15) is 13.2 Å². The predicted molar refractivity (Wildman–Crippen MR) is 59.8 cm³/mol. The summed E-state index contributed by atoms with van der Waals surface area (Å²) in [6.07, 6.45) is -2.23. The van der Waals surface area contributed by atoms with Crippen LogP contribution in [0.1, 0.15) is 19.8 Å². The third-order valence-corrected chi connectivity index (χ3v) is 3.49. The molecule has 0 heterocycles. The van der Waals surface area contributed by atoms with Gasteiger partial charge in [0.1, 0.15) is 0 Å². The Hall–Kier alpha value is -0.330. The van der Waals surface area contributed by atoms with E-state index in [-0.39, 0.29) is 13.2 Å². The molecule has 3 nitrogen and oxygen atoms in total. The van der Waals surface area contributed by atoms with Crippen molar-refractivity contribution in [3.05, 3.63) is 0 Å². The van der Waals surface area contributed by atoms with Crippen molar-refractivity contribution in [2.45, 2.75) is 31.5 Å². The molecule has 0 amide bonds. The summed E-state index contributed by atoms with van der Waals surface area (Å²) < 4.78 is 37.1. The summed E-state index contributed by atoms with van der Waals surface area (Å²) in [5.74, 6) is 0.291. The van der Waals surface area contributed by atoms with Crippen molar-refractivity contribution < 1.29 is 18.3 Å². The maximum atomic E-state index is 12.4. The van der Waals surface area contributed by atoms with E-state index in [2.05, 4.69) is 5.32 Å².